The zero-order valence-electron chi connectivity index (χ0n) is 17.8. The molecule has 0 atom stereocenters. The number of fused-ring (bicyclic) bond motifs is 1. The summed E-state index contributed by atoms with van der Waals surface area (Å²) >= 11 is 3.02. The molecule has 0 unspecified atom stereocenters. The van der Waals surface area contributed by atoms with E-state index >= 15 is 0 Å². The fourth-order valence-corrected chi connectivity index (χ4v) is 11.4. The van der Waals surface area contributed by atoms with Crippen LogP contribution in [0.5, 0.6) is 0 Å². The standard InChI is InChI=1S/C25H22N3OPS2/c1-30(19-12-6-3-7-13-19,20-14-8-4-9-15-20,21-16-10-5-11-17-21)23-18-22(29)26-24-28(23)27-25(31-2)32-24/h3-18H,1-2H3. The van der Waals surface area contributed by atoms with Gasteiger partial charge in [0.15, 0.2) is 0 Å². The van der Waals surface area contributed by atoms with Gasteiger partial charge in [0.2, 0.25) is 0 Å². The van der Waals surface area contributed by atoms with Crippen LogP contribution in [0.15, 0.2) is 106 Å². The molecule has 0 N–H and O–H groups in total. The van der Waals surface area contributed by atoms with Crippen LogP contribution in [0, 0.1) is 0 Å². The first-order valence-corrected chi connectivity index (χ1v) is 14.9. The molecule has 160 valence electrons. The van der Waals surface area contributed by atoms with Crippen molar-refractivity contribution in [3.8, 4) is 0 Å². The molecular weight excluding hydrogens is 453 g/mol. The summed E-state index contributed by atoms with van der Waals surface area (Å²) in [5, 5.41) is 8.41. The Morgan fingerprint density at radius 3 is 1.72 bits per heavy atom. The third-order valence-electron chi connectivity index (χ3n) is 6.17. The molecule has 32 heavy (non-hydrogen) atoms. The van der Waals surface area contributed by atoms with Crippen molar-refractivity contribution in [1.82, 2.24) is 14.6 Å². The summed E-state index contributed by atoms with van der Waals surface area (Å²) < 4.78 is 2.78. The molecule has 0 aliphatic rings. The van der Waals surface area contributed by atoms with E-state index in [4.69, 9.17) is 5.10 Å². The summed E-state index contributed by atoms with van der Waals surface area (Å²) in [6.45, 7) is -1.04. The number of thioether (sulfide) groups is 1. The number of nitrogens with zero attached hydrogens (tertiary/aromatic N) is 3. The van der Waals surface area contributed by atoms with Gasteiger partial charge in [-0.05, 0) is 0 Å². The molecule has 0 aliphatic carbocycles. The van der Waals surface area contributed by atoms with E-state index in [1.807, 2.05) is 29.0 Å². The quantitative estimate of drug-likeness (QED) is 0.288. The number of benzene rings is 3. The molecule has 2 heterocycles. The number of rotatable bonds is 5. The van der Waals surface area contributed by atoms with E-state index in [0.29, 0.717) is 4.96 Å². The molecule has 5 rings (SSSR count). The summed E-state index contributed by atoms with van der Waals surface area (Å²) in [5.74, 6) is 0. The molecule has 0 amide bonds. The van der Waals surface area contributed by atoms with Gasteiger partial charge in [0.25, 0.3) is 0 Å². The third kappa shape index (κ3) is 2.98. The first kappa shape index (κ1) is 21.1. The predicted molar refractivity (Wildman–Crippen MR) is 140 cm³/mol. The summed E-state index contributed by atoms with van der Waals surface area (Å²) in [6, 6.07) is 33.3. The van der Waals surface area contributed by atoms with Crippen molar-refractivity contribution in [3.63, 3.8) is 0 Å². The second kappa shape index (κ2) is 7.96. The Balaban J connectivity index is 2.08. The van der Waals surface area contributed by atoms with E-state index < -0.39 is 6.60 Å². The number of aromatic nitrogens is 3. The molecule has 3 aromatic carbocycles. The van der Waals surface area contributed by atoms with E-state index in [2.05, 4.69) is 84.4 Å². The monoisotopic (exact) mass is 475 g/mol. The van der Waals surface area contributed by atoms with E-state index in [1.165, 1.54) is 27.3 Å². The van der Waals surface area contributed by atoms with Crippen LogP contribution in [0.2, 0.25) is 0 Å². The van der Waals surface area contributed by atoms with Crippen LogP contribution >= 0.6 is 29.7 Å². The van der Waals surface area contributed by atoms with E-state index in [1.54, 1.807) is 17.8 Å². The van der Waals surface area contributed by atoms with Crippen LogP contribution < -0.4 is 26.9 Å². The first-order chi connectivity index (χ1) is 15.6. The minimum absolute atomic E-state index is 0.241. The van der Waals surface area contributed by atoms with Gasteiger partial charge in [0.1, 0.15) is 0 Å². The van der Waals surface area contributed by atoms with Gasteiger partial charge in [-0.15, -0.1) is 0 Å². The fraction of sp³-hybridized carbons (Fsp3) is 0.0800. The van der Waals surface area contributed by atoms with Crippen LogP contribution in [0.3, 0.4) is 0 Å². The molecule has 0 fully saturated rings. The van der Waals surface area contributed by atoms with Crippen molar-refractivity contribution in [2.24, 2.45) is 0 Å². The van der Waals surface area contributed by atoms with E-state index in [9.17, 15) is 4.79 Å². The van der Waals surface area contributed by atoms with Crippen molar-refractivity contribution in [2.75, 3.05) is 12.9 Å². The second-order valence-corrected chi connectivity index (χ2v) is 14.9. The summed E-state index contributed by atoms with van der Waals surface area (Å²) in [5.41, 5.74) is 0.654. The van der Waals surface area contributed by atoms with Gasteiger partial charge in [-0.3, -0.25) is 0 Å². The van der Waals surface area contributed by atoms with Crippen molar-refractivity contribution < 1.29 is 0 Å². The molecule has 0 spiro atoms. The van der Waals surface area contributed by atoms with Gasteiger partial charge in [-0.2, -0.15) is 0 Å². The molecule has 0 saturated carbocycles. The Morgan fingerprint density at radius 2 is 1.28 bits per heavy atom. The molecule has 0 aliphatic heterocycles. The molecule has 5 aromatic rings. The van der Waals surface area contributed by atoms with E-state index in [-0.39, 0.29) is 5.56 Å². The Morgan fingerprint density at radius 1 is 0.812 bits per heavy atom. The molecular formula is C25H22N3OPS2. The van der Waals surface area contributed by atoms with Crippen LogP contribution in [0.1, 0.15) is 0 Å². The second-order valence-electron chi connectivity index (χ2n) is 7.79. The van der Waals surface area contributed by atoms with Crippen LogP contribution in [-0.2, 0) is 0 Å². The van der Waals surface area contributed by atoms with Crippen molar-refractivity contribution in [2.45, 2.75) is 4.34 Å². The zero-order valence-corrected chi connectivity index (χ0v) is 20.3. The van der Waals surface area contributed by atoms with Gasteiger partial charge in [-0.1, -0.05) is 0 Å². The molecule has 0 radical (unpaired) electrons. The normalized spacial score (nSPS) is 13.0. The Hall–Kier alpha value is -2.79. The molecule has 4 nitrogen and oxygen atoms in total. The Labute approximate surface area is 194 Å². The van der Waals surface area contributed by atoms with E-state index in [0.717, 1.165) is 9.77 Å². The minimum atomic E-state index is -3.37. The van der Waals surface area contributed by atoms with Crippen molar-refractivity contribution in [1.29, 1.82) is 0 Å². The summed E-state index contributed by atoms with van der Waals surface area (Å²) in [6.07, 6.45) is 1.99. The Bertz CT molecular complexity index is 1350. The topological polar surface area (TPSA) is 47.3 Å². The van der Waals surface area contributed by atoms with Crippen LogP contribution in [0.25, 0.3) is 4.96 Å². The zero-order chi connectivity index (χ0) is 22.2. The number of hydrogen-bond donors (Lipinski definition) is 0. The van der Waals surface area contributed by atoms with Gasteiger partial charge in [0, 0.05) is 0 Å². The van der Waals surface area contributed by atoms with Gasteiger partial charge in [-0.25, -0.2) is 0 Å². The van der Waals surface area contributed by atoms with Crippen molar-refractivity contribution in [3.05, 3.63) is 107 Å². The van der Waals surface area contributed by atoms with Gasteiger partial charge >= 0.3 is 195 Å². The van der Waals surface area contributed by atoms with Crippen LogP contribution in [-0.4, -0.2) is 27.5 Å². The average molecular weight is 476 g/mol. The summed E-state index contributed by atoms with van der Waals surface area (Å²) in [4.78, 5) is 17.9. The first-order valence-electron chi connectivity index (χ1n) is 10.2. The maximum absolute atomic E-state index is 13.0. The molecule has 7 heteroatoms. The third-order valence-corrected chi connectivity index (χ3v) is 14.3. The Kier molecular flexibility index (Phi) is 5.25. The SMILES string of the molecule is CSc1nn2c(P(C)(c3ccccc3)(c3ccccc3)c3ccccc3)cc(=O)nc2s1. The summed E-state index contributed by atoms with van der Waals surface area (Å²) in [7, 11) is 0. The van der Waals surface area contributed by atoms with Crippen LogP contribution in [0.4, 0.5) is 0 Å². The molecule has 0 saturated heterocycles. The number of hydrogen-bond acceptors (Lipinski definition) is 5. The maximum atomic E-state index is 13.0. The predicted octanol–water partition coefficient (Wildman–Crippen LogP) is 3.66. The molecule has 0 bridgehead atoms. The fourth-order valence-electron chi connectivity index (χ4n) is 4.51. The molecule has 2 aromatic heterocycles. The average Bonchev–Trinajstić information content (AvgIpc) is 3.28. The van der Waals surface area contributed by atoms with Gasteiger partial charge < -0.3 is 0 Å². The van der Waals surface area contributed by atoms with Crippen molar-refractivity contribution >= 4 is 56.0 Å². The van der Waals surface area contributed by atoms with Gasteiger partial charge in [0.05, 0.1) is 0 Å².